The Morgan fingerprint density at radius 1 is 1.40 bits per heavy atom. The van der Waals surface area contributed by atoms with Crippen molar-refractivity contribution in [3.63, 3.8) is 0 Å². The van der Waals surface area contributed by atoms with Gasteiger partial charge in [-0.3, -0.25) is 0 Å². The summed E-state index contributed by atoms with van der Waals surface area (Å²) in [5.74, 6) is 2.06. The van der Waals surface area contributed by atoms with E-state index in [0.717, 1.165) is 28.6 Å². The normalized spacial score (nSPS) is 16.1. The number of H-pyrrole nitrogens is 1. The summed E-state index contributed by atoms with van der Waals surface area (Å²) in [6, 6.07) is 6.09. The number of aromatic amines is 1. The van der Waals surface area contributed by atoms with Gasteiger partial charge in [0, 0.05) is 28.4 Å². The van der Waals surface area contributed by atoms with Crippen molar-refractivity contribution in [2.45, 2.75) is 38.5 Å². The minimum atomic E-state index is 0.0327. The molecule has 1 saturated carbocycles. The van der Waals surface area contributed by atoms with Gasteiger partial charge in [-0.1, -0.05) is 6.42 Å². The molecule has 4 rings (SSSR count). The Morgan fingerprint density at radius 2 is 2.28 bits per heavy atom. The minimum Gasteiger partial charge on any atom is -0.491 e. The van der Waals surface area contributed by atoms with Gasteiger partial charge >= 0.3 is 0 Å². The molecule has 132 valence electrons. The number of ether oxygens (including phenoxy) is 1. The Bertz CT molecular complexity index is 850. The van der Waals surface area contributed by atoms with Crippen LogP contribution in [0, 0.1) is 12.8 Å². The second-order valence-electron chi connectivity index (χ2n) is 6.89. The fraction of sp³-hybridized carbons (Fsp3) is 0.450. The van der Waals surface area contributed by atoms with E-state index in [1.54, 1.807) is 11.3 Å². The Labute approximate surface area is 151 Å². The molecule has 25 heavy (non-hydrogen) atoms. The molecule has 0 radical (unpaired) electrons. The van der Waals surface area contributed by atoms with E-state index in [0.29, 0.717) is 12.5 Å². The van der Waals surface area contributed by atoms with Crippen molar-refractivity contribution in [1.82, 2.24) is 9.97 Å². The molecule has 1 aliphatic carbocycles. The average molecular weight is 356 g/mol. The minimum absolute atomic E-state index is 0.0327. The van der Waals surface area contributed by atoms with E-state index in [4.69, 9.17) is 14.8 Å². The van der Waals surface area contributed by atoms with Gasteiger partial charge in [-0.05, 0) is 55.9 Å². The molecule has 2 N–H and O–H groups in total. The van der Waals surface area contributed by atoms with Crippen LogP contribution in [0.1, 0.15) is 41.4 Å². The summed E-state index contributed by atoms with van der Waals surface area (Å²) in [5, 5.41) is 13.6. The third-order valence-electron chi connectivity index (χ3n) is 5.27. The first-order chi connectivity index (χ1) is 12.2. The van der Waals surface area contributed by atoms with Crippen LogP contribution < -0.4 is 4.74 Å². The fourth-order valence-electron chi connectivity index (χ4n) is 3.72. The van der Waals surface area contributed by atoms with Gasteiger partial charge in [0.15, 0.2) is 0 Å². The molecule has 4 nitrogen and oxygen atoms in total. The smallest absolute Gasteiger partial charge is 0.120 e. The maximum Gasteiger partial charge on any atom is 0.120 e. The van der Waals surface area contributed by atoms with E-state index in [1.807, 2.05) is 6.07 Å². The van der Waals surface area contributed by atoms with Crippen molar-refractivity contribution < 1.29 is 9.84 Å². The van der Waals surface area contributed by atoms with Crippen LogP contribution in [0.3, 0.4) is 0 Å². The third-order valence-corrected chi connectivity index (χ3v) is 6.07. The lowest BCUT2D eigenvalue weighted by molar-refractivity contribution is 0.201. The molecule has 2 aromatic heterocycles. The summed E-state index contributed by atoms with van der Waals surface area (Å²) in [6.45, 7) is 2.45. The highest BCUT2D eigenvalue weighted by Crippen LogP contribution is 2.42. The summed E-state index contributed by atoms with van der Waals surface area (Å²) in [4.78, 5) is 8.17. The van der Waals surface area contributed by atoms with E-state index in [-0.39, 0.29) is 6.61 Å². The molecular weight excluding hydrogens is 332 g/mol. The zero-order valence-corrected chi connectivity index (χ0v) is 15.3. The van der Waals surface area contributed by atoms with Gasteiger partial charge in [0.05, 0.1) is 17.3 Å². The molecule has 0 aliphatic heterocycles. The van der Waals surface area contributed by atoms with Crippen LogP contribution in [-0.4, -0.2) is 28.3 Å². The van der Waals surface area contributed by atoms with Crippen LogP contribution in [-0.2, 0) is 6.42 Å². The number of hydrogen-bond donors (Lipinski definition) is 2. The number of nitrogens with one attached hydrogen (secondary N) is 1. The third kappa shape index (κ3) is 3.44. The molecule has 0 bridgehead atoms. The number of aromatic nitrogens is 2. The molecule has 0 unspecified atom stereocenters. The number of aliphatic hydroxyl groups excluding tert-OH is 1. The van der Waals surface area contributed by atoms with Crippen molar-refractivity contribution in [3.8, 4) is 5.75 Å². The topological polar surface area (TPSA) is 58.1 Å². The van der Waals surface area contributed by atoms with E-state index in [1.165, 1.54) is 35.9 Å². The monoisotopic (exact) mass is 356 g/mol. The molecular formula is C20H24N2O2S. The Morgan fingerprint density at radius 3 is 2.96 bits per heavy atom. The standard InChI is InChI=1S/C20H24N2O2S/c1-13-22-20(12-25-13)17(14-3-2-4-14)9-15-11-21-19-6-5-16(10-18(15)19)24-8-7-23/h5-6,10-12,14,17,21,23H,2-4,7-9H2,1H3/t17-/m1/s1. The molecule has 2 heterocycles. The predicted molar refractivity (Wildman–Crippen MR) is 102 cm³/mol. The van der Waals surface area contributed by atoms with Crippen LogP contribution in [0.4, 0.5) is 0 Å². The van der Waals surface area contributed by atoms with Gasteiger partial charge in [-0.25, -0.2) is 4.98 Å². The highest BCUT2D eigenvalue weighted by Gasteiger charge is 2.30. The number of rotatable bonds is 7. The average Bonchev–Trinajstić information content (AvgIpc) is 3.17. The second-order valence-corrected chi connectivity index (χ2v) is 7.95. The van der Waals surface area contributed by atoms with Gasteiger partial charge in [-0.15, -0.1) is 11.3 Å². The highest BCUT2D eigenvalue weighted by molar-refractivity contribution is 7.09. The van der Waals surface area contributed by atoms with E-state index in [9.17, 15) is 0 Å². The van der Waals surface area contributed by atoms with Crippen LogP contribution in [0.25, 0.3) is 10.9 Å². The molecule has 0 spiro atoms. The number of thiazole rings is 1. The molecule has 3 aromatic rings. The van der Waals surface area contributed by atoms with Gasteiger partial charge in [0.2, 0.25) is 0 Å². The molecule has 5 heteroatoms. The largest absolute Gasteiger partial charge is 0.491 e. The summed E-state index contributed by atoms with van der Waals surface area (Å²) < 4.78 is 5.59. The van der Waals surface area contributed by atoms with Crippen molar-refractivity contribution in [2.24, 2.45) is 5.92 Å². The maximum atomic E-state index is 8.96. The van der Waals surface area contributed by atoms with Gasteiger partial charge in [0.1, 0.15) is 12.4 Å². The first kappa shape index (κ1) is 16.6. The number of fused-ring (bicyclic) bond motifs is 1. The van der Waals surface area contributed by atoms with Crippen LogP contribution >= 0.6 is 11.3 Å². The molecule has 0 saturated heterocycles. The van der Waals surface area contributed by atoms with Crippen molar-refractivity contribution in [3.05, 3.63) is 46.0 Å². The number of aliphatic hydroxyl groups is 1. The van der Waals surface area contributed by atoms with Gasteiger partial charge < -0.3 is 14.8 Å². The van der Waals surface area contributed by atoms with Gasteiger partial charge in [0.25, 0.3) is 0 Å². The van der Waals surface area contributed by atoms with E-state index < -0.39 is 0 Å². The Balaban J connectivity index is 1.63. The van der Waals surface area contributed by atoms with Crippen LogP contribution in [0.2, 0.25) is 0 Å². The number of hydrogen-bond acceptors (Lipinski definition) is 4. The SMILES string of the molecule is Cc1nc([C@H](Cc2c[nH]c3ccc(OCCO)cc23)C2CCC2)cs1. The summed E-state index contributed by atoms with van der Waals surface area (Å²) >= 11 is 1.75. The lowest BCUT2D eigenvalue weighted by atomic mass is 9.72. The molecule has 1 aromatic carbocycles. The predicted octanol–water partition coefficient (Wildman–Crippen LogP) is 4.43. The molecule has 0 amide bonds. The second kappa shape index (κ2) is 7.18. The Kier molecular flexibility index (Phi) is 4.77. The lowest BCUT2D eigenvalue weighted by Crippen LogP contribution is -2.22. The van der Waals surface area contributed by atoms with Crippen molar-refractivity contribution in [2.75, 3.05) is 13.2 Å². The fourth-order valence-corrected chi connectivity index (χ4v) is 4.40. The first-order valence-corrected chi connectivity index (χ1v) is 9.88. The van der Waals surface area contributed by atoms with Gasteiger partial charge in [-0.2, -0.15) is 0 Å². The quantitative estimate of drug-likeness (QED) is 0.658. The summed E-state index contributed by atoms with van der Waals surface area (Å²) in [7, 11) is 0. The first-order valence-electron chi connectivity index (χ1n) is 9.00. The number of aryl methyl sites for hydroxylation is 1. The van der Waals surface area contributed by atoms with E-state index in [2.05, 4.69) is 35.6 Å². The van der Waals surface area contributed by atoms with Crippen molar-refractivity contribution >= 4 is 22.2 Å². The zero-order chi connectivity index (χ0) is 17.2. The van der Waals surface area contributed by atoms with Crippen LogP contribution in [0.15, 0.2) is 29.8 Å². The number of nitrogens with zero attached hydrogens (tertiary/aromatic N) is 1. The molecule has 1 atom stereocenters. The zero-order valence-electron chi connectivity index (χ0n) is 14.5. The number of benzene rings is 1. The van der Waals surface area contributed by atoms with E-state index >= 15 is 0 Å². The molecule has 1 aliphatic rings. The summed E-state index contributed by atoms with van der Waals surface area (Å²) in [6.07, 6.45) is 7.11. The lowest BCUT2D eigenvalue weighted by Gasteiger charge is -2.33. The summed E-state index contributed by atoms with van der Waals surface area (Å²) in [5.41, 5.74) is 3.72. The van der Waals surface area contributed by atoms with Crippen molar-refractivity contribution in [1.29, 1.82) is 0 Å². The van der Waals surface area contributed by atoms with Crippen LogP contribution in [0.5, 0.6) is 5.75 Å². The Hall–Kier alpha value is -1.85. The molecule has 1 fully saturated rings. The highest BCUT2D eigenvalue weighted by atomic mass is 32.1. The maximum absolute atomic E-state index is 8.96.